The lowest BCUT2D eigenvalue weighted by Gasteiger charge is -2.12. The van der Waals surface area contributed by atoms with Gasteiger partial charge in [0.2, 0.25) is 0 Å². The molecule has 8 heterocycles. The zero-order valence-corrected chi connectivity index (χ0v) is 55.7. The summed E-state index contributed by atoms with van der Waals surface area (Å²) in [6, 6.07) is 107. The van der Waals surface area contributed by atoms with Gasteiger partial charge in [-0.2, -0.15) is 0 Å². The summed E-state index contributed by atoms with van der Waals surface area (Å²) in [6.45, 7) is 0. The van der Waals surface area contributed by atoms with Gasteiger partial charge < -0.3 is 18.0 Å². The average Bonchev–Trinajstić information content (AvgIpc) is 1.58. The quantitative estimate of drug-likeness (QED) is 0.140. The predicted octanol–water partition coefficient (Wildman–Crippen LogP) is 24.5. The van der Waals surface area contributed by atoms with E-state index in [4.69, 9.17) is 38.7 Å². The van der Waals surface area contributed by atoms with Crippen LogP contribution in [0.4, 0.5) is 0 Å². The second-order valence-electron chi connectivity index (χ2n) is 26.0. The zero-order valence-electron chi connectivity index (χ0n) is 54.1. The third-order valence-corrected chi connectivity index (χ3v) is 22.5. The van der Waals surface area contributed by atoms with Crippen LogP contribution in [0.3, 0.4) is 0 Å². The number of nitrogens with zero attached hydrogens (tertiary/aromatic N) is 8. The third kappa shape index (κ3) is 8.76. The molecule has 0 unspecified atom stereocenters. The minimum atomic E-state index is 0.555. The minimum absolute atomic E-state index is 0.555. The fourth-order valence-corrected chi connectivity index (χ4v) is 17.9. The van der Waals surface area contributed by atoms with Crippen LogP contribution in [0.1, 0.15) is 0 Å². The first-order chi connectivity index (χ1) is 50.5. The van der Waals surface area contributed by atoms with Crippen molar-refractivity contribution in [1.82, 2.24) is 39.0 Å². The van der Waals surface area contributed by atoms with Crippen LogP contribution in [0.25, 0.3) is 219 Å². The van der Waals surface area contributed by atoms with Gasteiger partial charge in [0.15, 0.2) is 40.5 Å². The Morgan fingerprint density at radius 2 is 0.696 bits per heavy atom. The highest BCUT2D eigenvalue weighted by atomic mass is 32.1. The Bertz CT molecular complexity index is 7090. The Morgan fingerprint density at radius 1 is 0.235 bits per heavy atom. The van der Waals surface area contributed by atoms with Crippen molar-refractivity contribution in [2.75, 3.05) is 0 Å². The summed E-state index contributed by atoms with van der Waals surface area (Å²) in [5.41, 5.74) is 17.3. The number of hydrogen-bond donors (Lipinski definition) is 0. The van der Waals surface area contributed by atoms with Crippen LogP contribution in [-0.4, -0.2) is 39.0 Å². The fraction of sp³-hybridized carbons (Fsp3) is 0. The molecule has 474 valence electrons. The van der Waals surface area contributed by atoms with Gasteiger partial charge in [-0.05, 0) is 102 Å². The normalized spacial score (nSPS) is 12.1. The third-order valence-electron chi connectivity index (χ3n) is 20.2. The molecule has 22 rings (SSSR count). The van der Waals surface area contributed by atoms with Crippen LogP contribution in [0.2, 0.25) is 0 Å². The van der Waals surface area contributed by atoms with E-state index in [0.717, 1.165) is 142 Å². The highest BCUT2D eigenvalue weighted by molar-refractivity contribution is 7.26. The fourth-order valence-electron chi connectivity index (χ4n) is 15.6. The van der Waals surface area contributed by atoms with Crippen LogP contribution in [0, 0.1) is 0 Å². The maximum Gasteiger partial charge on any atom is 0.164 e. The van der Waals surface area contributed by atoms with Crippen molar-refractivity contribution in [2.24, 2.45) is 0 Å². The van der Waals surface area contributed by atoms with Crippen LogP contribution in [0.5, 0.6) is 0 Å². The van der Waals surface area contributed by atoms with E-state index in [-0.39, 0.29) is 0 Å². The second-order valence-corrected chi connectivity index (χ2v) is 28.2. The second kappa shape index (κ2) is 22.1. The molecule has 0 saturated heterocycles. The van der Waals surface area contributed by atoms with Crippen molar-refractivity contribution in [3.8, 4) is 90.8 Å². The number of hydrogen-bond acceptors (Lipinski definition) is 10. The Labute approximate surface area is 588 Å². The van der Waals surface area contributed by atoms with E-state index in [1.807, 2.05) is 121 Å². The van der Waals surface area contributed by atoms with E-state index in [1.54, 1.807) is 11.3 Å². The summed E-state index contributed by atoms with van der Waals surface area (Å²) >= 11 is 3.57. The summed E-state index contributed by atoms with van der Waals surface area (Å²) in [7, 11) is 0. The van der Waals surface area contributed by atoms with Crippen molar-refractivity contribution in [1.29, 1.82) is 0 Å². The van der Waals surface area contributed by atoms with Gasteiger partial charge >= 0.3 is 0 Å². The predicted molar refractivity (Wildman–Crippen MR) is 420 cm³/mol. The summed E-state index contributed by atoms with van der Waals surface area (Å²) in [5.74, 6) is 3.54. The molecule has 0 N–H and O–H groups in total. The molecule has 10 nitrogen and oxygen atoms in total. The molecule has 102 heavy (non-hydrogen) atoms. The van der Waals surface area contributed by atoms with Gasteiger partial charge in [0, 0.05) is 123 Å². The Kier molecular flexibility index (Phi) is 12.3. The molecule has 14 aromatic carbocycles. The standard InChI is InChI=1S/C90H50N8O2S2/c1-5-20-51(21-6-1)85-91-86(52-22-7-2-8-23-52)94-89(93-85)66-31-19-35-75-81(66)65-42-41-64-62-39-37-58(48-79(62)102-84(64)83(65)100-75)98-73-34-18-15-30-61(73)67-44-55(36-43-74(67)98)56-45-70(90-95-87(53-24-9-3-10-25-53)92-88(96-90)54-26-11-4-12-27-54)82-69-50-80-68(49-76(69)99-77(82)46-56)63-40-38-57(47-78(63)101-80)97-71-32-16-13-28-59(71)60-29-14-17-33-72(60)97/h1-50H. The van der Waals surface area contributed by atoms with Gasteiger partial charge in [-0.1, -0.05) is 212 Å². The lowest BCUT2D eigenvalue weighted by atomic mass is 9.96. The molecule has 12 heteroatoms. The lowest BCUT2D eigenvalue weighted by Crippen LogP contribution is -2.00. The number of rotatable bonds is 9. The van der Waals surface area contributed by atoms with Crippen LogP contribution in [-0.2, 0) is 0 Å². The summed E-state index contributed by atoms with van der Waals surface area (Å²) in [5, 5.41) is 13.3. The van der Waals surface area contributed by atoms with Gasteiger partial charge in [0.1, 0.15) is 16.7 Å². The van der Waals surface area contributed by atoms with E-state index in [9.17, 15) is 0 Å². The van der Waals surface area contributed by atoms with E-state index in [0.29, 0.717) is 34.9 Å². The molecule has 0 amide bonds. The molecule has 0 fully saturated rings. The van der Waals surface area contributed by atoms with E-state index >= 15 is 0 Å². The monoisotopic (exact) mass is 1340 g/mol. The number of aromatic nitrogens is 8. The average molecular weight is 1340 g/mol. The SMILES string of the molecule is c1ccc(-c2nc(-c3ccccc3)nc(-c3cc(-c4ccc5c(c4)c4ccccc4n5-c4ccc5c(c4)sc4c5ccc5c4oc4cccc(-c6nc(-c7ccccc7)nc(-c7ccccc7)n6)c45)cc4oc5cc6c(cc5c34)sc3cc(-n4c5ccccc5c5ccccc54)ccc36)n2)cc1. The number of furan rings is 2. The molecule has 8 aromatic heterocycles. The zero-order chi connectivity index (χ0) is 66.7. The highest BCUT2D eigenvalue weighted by Crippen LogP contribution is 2.49. The van der Waals surface area contributed by atoms with Crippen molar-refractivity contribution in [2.45, 2.75) is 0 Å². The van der Waals surface area contributed by atoms with Crippen LogP contribution in [0.15, 0.2) is 312 Å². The van der Waals surface area contributed by atoms with Gasteiger partial charge in [0.05, 0.1) is 26.8 Å². The van der Waals surface area contributed by atoms with Crippen LogP contribution < -0.4 is 0 Å². The number of fused-ring (bicyclic) bond motifs is 19. The molecule has 0 spiro atoms. The van der Waals surface area contributed by atoms with Crippen molar-refractivity contribution < 1.29 is 8.83 Å². The molecule has 0 saturated carbocycles. The highest BCUT2D eigenvalue weighted by Gasteiger charge is 2.26. The van der Waals surface area contributed by atoms with E-state index in [1.165, 1.54) is 42.0 Å². The maximum absolute atomic E-state index is 7.20. The molecular formula is C90H50N8O2S2. The smallest absolute Gasteiger partial charge is 0.164 e. The van der Waals surface area contributed by atoms with Crippen molar-refractivity contribution in [3.63, 3.8) is 0 Å². The first-order valence-electron chi connectivity index (χ1n) is 34.0. The van der Waals surface area contributed by atoms with Gasteiger partial charge in [-0.15, -0.1) is 22.7 Å². The van der Waals surface area contributed by atoms with Gasteiger partial charge in [-0.25, -0.2) is 29.9 Å². The minimum Gasteiger partial charge on any atom is -0.456 e. The maximum atomic E-state index is 7.20. The molecule has 0 aliphatic carbocycles. The Balaban J connectivity index is 0.688. The summed E-state index contributed by atoms with van der Waals surface area (Å²) in [6.07, 6.45) is 0. The van der Waals surface area contributed by atoms with Crippen LogP contribution >= 0.6 is 22.7 Å². The van der Waals surface area contributed by atoms with Crippen molar-refractivity contribution in [3.05, 3.63) is 303 Å². The number of thiophene rings is 2. The molecule has 0 atom stereocenters. The van der Waals surface area contributed by atoms with Crippen molar-refractivity contribution >= 4 is 151 Å². The summed E-state index contributed by atoms with van der Waals surface area (Å²) in [4.78, 5) is 31.2. The topological polar surface area (TPSA) is 113 Å². The Morgan fingerprint density at radius 3 is 1.27 bits per heavy atom. The number of para-hydroxylation sites is 3. The lowest BCUT2D eigenvalue weighted by molar-refractivity contribution is 0.669. The Hall–Kier alpha value is -13.3. The molecule has 0 bridgehead atoms. The van der Waals surface area contributed by atoms with E-state index < -0.39 is 0 Å². The molecule has 22 aromatic rings. The largest absolute Gasteiger partial charge is 0.456 e. The van der Waals surface area contributed by atoms with Gasteiger partial charge in [0.25, 0.3) is 0 Å². The molecule has 0 radical (unpaired) electrons. The molecular weight excluding hydrogens is 1290 g/mol. The number of benzene rings is 14. The first-order valence-corrected chi connectivity index (χ1v) is 35.6. The molecule has 0 aliphatic rings. The molecule has 0 aliphatic heterocycles. The first kappa shape index (κ1) is 56.7. The van der Waals surface area contributed by atoms with E-state index in [2.05, 4.69) is 203 Å². The summed E-state index contributed by atoms with van der Waals surface area (Å²) < 4.78 is 23.6. The van der Waals surface area contributed by atoms with Gasteiger partial charge in [-0.3, -0.25) is 0 Å².